The van der Waals surface area contributed by atoms with Gasteiger partial charge in [-0.2, -0.15) is 13.2 Å². The third kappa shape index (κ3) is 4.03. The van der Waals surface area contributed by atoms with Crippen LogP contribution in [0.5, 0.6) is 0 Å². The summed E-state index contributed by atoms with van der Waals surface area (Å²) >= 11 is 0. The third-order valence-electron chi connectivity index (χ3n) is 2.33. The Bertz CT molecular complexity index is 401. The monoisotopic (exact) mass is 261 g/mol. The largest absolute Gasteiger partial charge is 0.465 e. The Morgan fingerprint density at radius 3 is 2.33 bits per heavy atom. The second-order valence-electron chi connectivity index (χ2n) is 3.76. The lowest BCUT2D eigenvalue weighted by Crippen LogP contribution is -2.34. The van der Waals surface area contributed by atoms with E-state index in [1.807, 2.05) is 0 Å². The predicted octanol–water partition coefficient (Wildman–Crippen LogP) is 2.14. The molecule has 3 nitrogen and oxygen atoms in total. The first-order chi connectivity index (χ1) is 8.34. The van der Waals surface area contributed by atoms with Crippen molar-refractivity contribution in [3.8, 4) is 0 Å². The Kier molecular flexibility index (Phi) is 4.72. The average Bonchev–Trinajstić information content (AvgIpc) is 2.28. The van der Waals surface area contributed by atoms with Crippen LogP contribution in [-0.4, -0.2) is 18.6 Å². The molecule has 0 aliphatic carbocycles. The molecule has 0 fully saturated rings. The van der Waals surface area contributed by atoms with E-state index in [4.69, 9.17) is 10.5 Å². The van der Waals surface area contributed by atoms with E-state index in [9.17, 15) is 18.0 Å². The maximum atomic E-state index is 12.3. The molecule has 0 heterocycles. The molecule has 1 rings (SSSR count). The van der Waals surface area contributed by atoms with Gasteiger partial charge in [0.25, 0.3) is 0 Å². The minimum Gasteiger partial charge on any atom is -0.465 e. The van der Waals surface area contributed by atoms with E-state index >= 15 is 0 Å². The molecule has 1 atom stereocenters. The van der Waals surface area contributed by atoms with Gasteiger partial charge in [-0.25, -0.2) is 0 Å². The Hall–Kier alpha value is -1.56. The highest BCUT2D eigenvalue weighted by molar-refractivity contribution is 5.75. The summed E-state index contributed by atoms with van der Waals surface area (Å²) in [6.45, 7) is 1.88. The molecular formula is C12H14F3NO2. The fraction of sp³-hybridized carbons (Fsp3) is 0.417. The van der Waals surface area contributed by atoms with Gasteiger partial charge >= 0.3 is 12.1 Å². The van der Waals surface area contributed by atoms with E-state index < -0.39 is 23.8 Å². The number of carbonyl (C=O) groups is 1. The van der Waals surface area contributed by atoms with Crippen LogP contribution in [0.4, 0.5) is 13.2 Å². The second kappa shape index (κ2) is 5.86. The van der Waals surface area contributed by atoms with Gasteiger partial charge in [0, 0.05) is 0 Å². The first-order valence-electron chi connectivity index (χ1n) is 5.43. The maximum Gasteiger partial charge on any atom is 0.416 e. The van der Waals surface area contributed by atoms with E-state index in [1.165, 1.54) is 12.1 Å². The molecule has 18 heavy (non-hydrogen) atoms. The summed E-state index contributed by atoms with van der Waals surface area (Å²) in [5, 5.41) is 0. The standard InChI is InChI=1S/C12H14F3NO2/c1-2-18-11(17)10(16)7-8-3-5-9(6-4-8)12(13,14)15/h3-6,10H,2,7,16H2,1H3. The van der Waals surface area contributed by atoms with Gasteiger partial charge in [0.05, 0.1) is 12.2 Å². The molecule has 0 spiro atoms. The van der Waals surface area contributed by atoms with Crippen molar-refractivity contribution >= 4 is 5.97 Å². The van der Waals surface area contributed by atoms with Crippen LogP contribution in [0.2, 0.25) is 0 Å². The van der Waals surface area contributed by atoms with Crippen molar-refractivity contribution in [3.63, 3.8) is 0 Å². The number of benzene rings is 1. The summed E-state index contributed by atoms with van der Waals surface area (Å²) < 4.78 is 41.6. The lowest BCUT2D eigenvalue weighted by molar-refractivity contribution is -0.144. The molecule has 0 saturated heterocycles. The highest BCUT2D eigenvalue weighted by atomic mass is 19.4. The van der Waals surface area contributed by atoms with E-state index in [-0.39, 0.29) is 13.0 Å². The Balaban J connectivity index is 2.67. The van der Waals surface area contributed by atoms with Crippen molar-refractivity contribution in [2.24, 2.45) is 5.73 Å². The van der Waals surface area contributed by atoms with Crippen LogP contribution in [0.25, 0.3) is 0 Å². The lowest BCUT2D eigenvalue weighted by Gasteiger charge is -2.11. The Morgan fingerprint density at radius 2 is 1.89 bits per heavy atom. The lowest BCUT2D eigenvalue weighted by atomic mass is 10.0. The van der Waals surface area contributed by atoms with Crippen LogP contribution >= 0.6 is 0 Å². The van der Waals surface area contributed by atoms with Crippen molar-refractivity contribution in [2.75, 3.05) is 6.61 Å². The third-order valence-corrected chi connectivity index (χ3v) is 2.33. The molecule has 1 unspecified atom stereocenters. The minimum absolute atomic E-state index is 0.150. The van der Waals surface area contributed by atoms with Gasteiger partial charge in [-0.3, -0.25) is 4.79 Å². The number of ether oxygens (including phenoxy) is 1. The van der Waals surface area contributed by atoms with Crippen molar-refractivity contribution < 1.29 is 22.7 Å². The zero-order valence-corrected chi connectivity index (χ0v) is 9.83. The van der Waals surface area contributed by atoms with Crippen molar-refractivity contribution in [3.05, 3.63) is 35.4 Å². The van der Waals surface area contributed by atoms with Crippen molar-refractivity contribution in [1.82, 2.24) is 0 Å². The molecule has 0 radical (unpaired) electrons. The summed E-state index contributed by atoms with van der Waals surface area (Å²) in [4.78, 5) is 11.2. The van der Waals surface area contributed by atoms with Crippen LogP contribution in [0, 0.1) is 0 Å². The number of alkyl halides is 3. The highest BCUT2D eigenvalue weighted by Gasteiger charge is 2.30. The minimum atomic E-state index is -4.36. The molecule has 0 aliphatic rings. The van der Waals surface area contributed by atoms with Crippen LogP contribution in [0.15, 0.2) is 24.3 Å². The summed E-state index contributed by atoms with van der Waals surface area (Å²) in [5.41, 5.74) is 5.40. The molecule has 1 aromatic carbocycles. The van der Waals surface area contributed by atoms with Gasteiger partial charge in [0.1, 0.15) is 6.04 Å². The number of rotatable bonds is 4. The first-order valence-corrected chi connectivity index (χ1v) is 5.43. The fourth-order valence-corrected chi connectivity index (χ4v) is 1.42. The molecule has 0 amide bonds. The summed E-state index contributed by atoms with van der Waals surface area (Å²) in [6.07, 6.45) is -4.21. The summed E-state index contributed by atoms with van der Waals surface area (Å²) in [7, 11) is 0. The van der Waals surface area contributed by atoms with E-state index in [0.717, 1.165) is 12.1 Å². The van der Waals surface area contributed by atoms with E-state index in [2.05, 4.69) is 0 Å². The molecule has 0 aromatic heterocycles. The van der Waals surface area contributed by atoms with Gasteiger partial charge in [-0.05, 0) is 31.0 Å². The molecule has 100 valence electrons. The van der Waals surface area contributed by atoms with Crippen LogP contribution in [-0.2, 0) is 22.1 Å². The number of carbonyl (C=O) groups excluding carboxylic acids is 1. The summed E-state index contributed by atoms with van der Waals surface area (Å²) in [5.74, 6) is -0.558. The Labute approximate surface area is 103 Å². The molecule has 2 N–H and O–H groups in total. The van der Waals surface area contributed by atoms with Gasteiger partial charge in [0.15, 0.2) is 0 Å². The molecule has 0 saturated carbocycles. The SMILES string of the molecule is CCOC(=O)C(N)Cc1ccc(C(F)(F)F)cc1. The second-order valence-corrected chi connectivity index (χ2v) is 3.76. The van der Waals surface area contributed by atoms with Gasteiger partial charge < -0.3 is 10.5 Å². The van der Waals surface area contributed by atoms with Crippen LogP contribution < -0.4 is 5.73 Å². The number of hydrogen-bond acceptors (Lipinski definition) is 3. The molecule has 6 heteroatoms. The highest BCUT2D eigenvalue weighted by Crippen LogP contribution is 2.29. The predicted molar refractivity (Wildman–Crippen MR) is 59.8 cm³/mol. The van der Waals surface area contributed by atoms with Crippen LogP contribution in [0.3, 0.4) is 0 Å². The smallest absolute Gasteiger partial charge is 0.416 e. The van der Waals surface area contributed by atoms with Crippen molar-refractivity contribution in [2.45, 2.75) is 25.6 Å². The zero-order valence-electron chi connectivity index (χ0n) is 9.83. The topological polar surface area (TPSA) is 52.3 Å². The zero-order chi connectivity index (χ0) is 13.8. The number of nitrogens with two attached hydrogens (primary N) is 1. The molecule has 1 aromatic rings. The van der Waals surface area contributed by atoms with Gasteiger partial charge in [0.2, 0.25) is 0 Å². The van der Waals surface area contributed by atoms with Gasteiger partial charge in [-0.1, -0.05) is 12.1 Å². The van der Waals surface area contributed by atoms with Crippen LogP contribution in [0.1, 0.15) is 18.1 Å². The molecule has 0 aliphatic heterocycles. The number of halogens is 3. The van der Waals surface area contributed by atoms with Crippen molar-refractivity contribution in [1.29, 1.82) is 0 Å². The average molecular weight is 261 g/mol. The molecular weight excluding hydrogens is 247 g/mol. The normalized spacial score (nSPS) is 13.2. The van der Waals surface area contributed by atoms with E-state index in [1.54, 1.807) is 6.92 Å². The van der Waals surface area contributed by atoms with Gasteiger partial charge in [-0.15, -0.1) is 0 Å². The number of hydrogen-bond donors (Lipinski definition) is 1. The Morgan fingerprint density at radius 1 is 1.33 bits per heavy atom. The maximum absolute atomic E-state index is 12.3. The number of esters is 1. The molecule has 0 bridgehead atoms. The fourth-order valence-electron chi connectivity index (χ4n) is 1.42. The van der Waals surface area contributed by atoms with E-state index in [0.29, 0.717) is 5.56 Å². The summed E-state index contributed by atoms with van der Waals surface area (Å²) in [6, 6.07) is 3.69. The first kappa shape index (κ1) is 14.5. The quantitative estimate of drug-likeness (QED) is 0.845.